The van der Waals surface area contributed by atoms with Crippen LogP contribution < -0.4 is 26.2 Å². The van der Waals surface area contributed by atoms with Gasteiger partial charge in [-0.05, 0) is 205 Å². The van der Waals surface area contributed by atoms with E-state index in [1.54, 1.807) is 0 Å². The molecule has 0 fully saturated rings. The quantitative estimate of drug-likeness (QED) is 0.128. The van der Waals surface area contributed by atoms with Crippen molar-refractivity contribution in [2.75, 3.05) is 9.80 Å². The molecule has 0 radical (unpaired) electrons. The van der Waals surface area contributed by atoms with Crippen molar-refractivity contribution in [3.05, 3.63) is 393 Å². The molecule has 23 rings (SSSR count). The fourth-order valence-corrected chi connectivity index (χ4v) is 20.3. The van der Waals surface area contributed by atoms with Crippen molar-refractivity contribution in [3.63, 3.8) is 0 Å². The molecule has 0 unspecified atom stereocenters. The summed E-state index contributed by atoms with van der Waals surface area (Å²) in [6.07, 6.45) is 0. The highest BCUT2D eigenvalue weighted by atomic mass is 15.2. The minimum Gasteiger partial charge on any atom is -0.310 e. The molecule has 6 heterocycles. The van der Waals surface area contributed by atoms with E-state index in [9.17, 15) is 0 Å². The molecule has 578 valence electrons. The SMILES string of the molecule is CC(C)(C)c1cc(-c2ccccc2)c(N2c3cc(-n4c5ccccc5c5cc6c(cc54)c4ccccc4n6-c4ccccc4)ccc3B3c4ccc(-n5c6ccccc6c6cc7c(cc65)c5ccccc5n7-c5ccccc5)cc4N(c4c(-c5ccccc5)cc(C(C)(C)C)cc4-c4ccccc4)c4cc(C(C)(C)C)cc2c43)c(-c2ccccc2)c1. The molecule has 4 aromatic heterocycles. The van der Waals surface area contributed by atoms with Crippen LogP contribution in [0.2, 0.25) is 0 Å². The van der Waals surface area contributed by atoms with Gasteiger partial charge in [0, 0.05) is 111 Å². The second kappa shape index (κ2) is 27.1. The molecule has 0 amide bonds. The van der Waals surface area contributed by atoms with E-state index in [0.717, 1.165) is 123 Å². The third kappa shape index (κ3) is 11.2. The summed E-state index contributed by atoms with van der Waals surface area (Å²) in [5.41, 5.74) is 36.3. The van der Waals surface area contributed by atoms with Gasteiger partial charge >= 0.3 is 0 Å². The van der Waals surface area contributed by atoms with Crippen molar-refractivity contribution in [1.82, 2.24) is 18.3 Å². The maximum Gasteiger partial charge on any atom is 0.252 e. The Bertz CT molecular complexity index is 7230. The van der Waals surface area contributed by atoms with Crippen molar-refractivity contribution < 1.29 is 0 Å². The smallest absolute Gasteiger partial charge is 0.252 e. The topological polar surface area (TPSA) is 26.2 Å². The standard InChI is InChI=1S/C114H89BN6/c1-112(2,3)76-60-87(72-36-16-10-17-37-72)110(88(61-76)73-38-18-11-19-39-73)120-105-66-81(118-99-54-34-30-50-85(99)93-68-101-91(70-103(93)118)83-48-28-32-52-97(83)116(101)79-44-24-14-25-45-79)56-58-95(105)115-96-59-57-82(119-100-55-35-31-51-86(100)94-69-102-92(71-104(94)119)84-49-29-33-53-98(84)117(102)80-46-26-15-27-47-80)67-106(96)121(108-65-78(114(7,8)9)64-107(120)109(108)115)111-89(74-40-20-12-21-41-74)62-77(113(4,5)6)63-90(111)75-42-22-13-23-43-75/h10-71H,1-9H3. The van der Waals surface area contributed by atoms with Gasteiger partial charge < -0.3 is 28.1 Å². The molecule has 7 heteroatoms. The first kappa shape index (κ1) is 71.9. The lowest BCUT2D eigenvalue weighted by Gasteiger charge is -2.47. The van der Waals surface area contributed by atoms with Crippen molar-refractivity contribution >= 4 is 144 Å². The second-order valence-electron chi connectivity index (χ2n) is 36.4. The zero-order chi connectivity index (χ0) is 81.5. The Labute approximate surface area is 706 Å². The number of benzene rings is 17. The largest absolute Gasteiger partial charge is 0.310 e. The third-order valence-electron chi connectivity index (χ3n) is 26.1. The number of rotatable bonds is 10. The van der Waals surface area contributed by atoms with E-state index in [-0.39, 0.29) is 23.0 Å². The summed E-state index contributed by atoms with van der Waals surface area (Å²) in [6.45, 7) is 21.1. The highest BCUT2D eigenvalue weighted by Gasteiger charge is 2.47. The lowest BCUT2D eigenvalue weighted by atomic mass is 9.33. The summed E-state index contributed by atoms with van der Waals surface area (Å²) in [4.78, 5) is 5.51. The van der Waals surface area contributed by atoms with Crippen LogP contribution in [0.5, 0.6) is 0 Å². The second-order valence-corrected chi connectivity index (χ2v) is 36.4. The van der Waals surface area contributed by atoms with E-state index in [2.05, 4.69) is 466 Å². The summed E-state index contributed by atoms with van der Waals surface area (Å²) in [7, 11) is 0. The number of aromatic nitrogens is 4. The molecule has 17 aromatic carbocycles. The van der Waals surface area contributed by atoms with Crippen molar-refractivity contribution in [1.29, 1.82) is 0 Å². The fraction of sp³-hybridized carbons (Fsp3) is 0.105. The molecule has 0 bridgehead atoms. The monoisotopic (exact) mass is 1550 g/mol. The van der Waals surface area contributed by atoms with Crippen LogP contribution in [0.3, 0.4) is 0 Å². The number of hydrogen-bond donors (Lipinski definition) is 0. The first-order chi connectivity index (χ1) is 59.0. The molecule has 0 saturated heterocycles. The highest BCUT2D eigenvalue weighted by molar-refractivity contribution is 7.00. The normalized spacial score (nSPS) is 13.0. The molecule has 2 aliphatic heterocycles. The summed E-state index contributed by atoms with van der Waals surface area (Å²) in [5.74, 6) is 0. The van der Waals surface area contributed by atoms with Crippen LogP contribution in [0.25, 0.3) is 154 Å². The van der Waals surface area contributed by atoms with Gasteiger partial charge in [0.1, 0.15) is 0 Å². The Balaban J connectivity index is 0.878. The first-order valence-corrected chi connectivity index (χ1v) is 42.7. The molecule has 2 aliphatic rings. The van der Waals surface area contributed by atoms with Crippen LogP contribution in [0, 0.1) is 0 Å². The maximum atomic E-state index is 2.75. The van der Waals surface area contributed by atoms with E-state index in [1.165, 1.54) is 98.2 Å². The predicted octanol–water partition coefficient (Wildman–Crippen LogP) is 28.7. The van der Waals surface area contributed by atoms with Gasteiger partial charge in [-0.1, -0.05) is 305 Å². The highest BCUT2D eigenvalue weighted by Crippen LogP contribution is 2.57. The van der Waals surface area contributed by atoms with Crippen LogP contribution in [0.1, 0.15) is 79.0 Å². The van der Waals surface area contributed by atoms with Crippen LogP contribution in [0.4, 0.5) is 34.1 Å². The average Bonchev–Trinajstić information content (AvgIpc) is 1.36. The number of nitrogens with zero attached hydrogens (tertiary/aromatic N) is 6. The molecule has 0 N–H and O–H groups in total. The van der Waals surface area contributed by atoms with Crippen molar-refractivity contribution in [3.8, 4) is 67.3 Å². The zero-order valence-corrected chi connectivity index (χ0v) is 69.6. The van der Waals surface area contributed by atoms with Crippen LogP contribution >= 0.6 is 0 Å². The lowest BCUT2D eigenvalue weighted by Crippen LogP contribution is -2.61. The van der Waals surface area contributed by atoms with Crippen molar-refractivity contribution in [2.45, 2.75) is 78.6 Å². The van der Waals surface area contributed by atoms with E-state index < -0.39 is 0 Å². The van der Waals surface area contributed by atoms with Gasteiger partial charge in [0.05, 0.1) is 55.5 Å². The molecule has 0 atom stereocenters. The summed E-state index contributed by atoms with van der Waals surface area (Å²) >= 11 is 0. The Morgan fingerprint density at radius 1 is 0.198 bits per heavy atom. The first-order valence-electron chi connectivity index (χ1n) is 42.7. The van der Waals surface area contributed by atoms with E-state index >= 15 is 0 Å². The van der Waals surface area contributed by atoms with Gasteiger partial charge in [-0.15, -0.1) is 0 Å². The number of anilines is 6. The maximum absolute atomic E-state index is 2.75. The summed E-state index contributed by atoms with van der Waals surface area (Å²) in [6, 6.07) is 143. The van der Waals surface area contributed by atoms with Crippen LogP contribution in [-0.2, 0) is 16.2 Å². The lowest BCUT2D eigenvalue weighted by molar-refractivity contribution is 0.590. The number of para-hydroxylation sites is 6. The van der Waals surface area contributed by atoms with Gasteiger partial charge in [0.2, 0.25) is 0 Å². The Kier molecular flexibility index (Phi) is 16.1. The van der Waals surface area contributed by atoms with E-state index in [0.29, 0.717) is 0 Å². The molecule has 121 heavy (non-hydrogen) atoms. The molecular formula is C114H89BN6. The van der Waals surface area contributed by atoms with Gasteiger partial charge in [0.25, 0.3) is 6.71 Å². The third-order valence-corrected chi connectivity index (χ3v) is 26.1. The summed E-state index contributed by atoms with van der Waals surface area (Å²) < 4.78 is 10.0. The van der Waals surface area contributed by atoms with Gasteiger partial charge in [-0.2, -0.15) is 0 Å². The van der Waals surface area contributed by atoms with Crippen LogP contribution in [0.15, 0.2) is 376 Å². The van der Waals surface area contributed by atoms with E-state index in [1.807, 2.05) is 0 Å². The minimum absolute atomic E-state index is 0.225. The molecule has 6 nitrogen and oxygen atoms in total. The molecule has 0 saturated carbocycles. The molecule has 0 aliphatic carbocycles. The van der Waals surface area contributed by atoms with Gasteiger partial charge in [-0.3, -0.25) is 0 Å². The Morgan fingerprint density at radius 2 is 0.446 bits per heavy atom. The average molecular weight is 1550 g/mol. The Morgan fingerprint density at radius 3 is 0.727 bits per heavy atom. The Hall–Kier alpha value is -14.4. The number of hydrogen-bond acceptors (Lipinski definition) is 2. The summed E-state index contributed by atoms with van der Waals surface area (Å²) in [5, 5.41) is 9.63. The molecule has 0 spiro atoms. The van der Waals surface area contributed by atoms with Crippen LogP contribution in [-0.4, -0.2) is 25.0 Å². The van der Waals surface area contributed by atoms with Gasteiger partial charge in [0.15, 0.2) is 0 Å². The van der Waals surface area contributed by atoms with E-state index in [4.69, 9.17) is 0 Å². The fourth-order valence-electron chi connectivity index (χ4n) is 20.3. The minimum atomic E-state index is -0.375. The zero-order valence-electron chi connectivity index (χ0n) is 69.6. The predicted molar refractivity (Wildman–Crippen MR) is 516 cm³/mol. The molecular weight excluding hydrogens is 1460 g/mol. The van der Waals surface area contributed by atoms with Crippen molar-refractivity contribution in [2.24, 2.45) is 0 Å². The number of fused-ring (bicyclic) bond motifs is 16. The molecule has 21 aromatic rings. The van der Waals surface area contributed by atoms with Gasteiger partial charge in [-0.25, -0.2) is 0 Å².